The van der Waals surface area contributed by atoms with Crippen LogP contribution in [0.5, 0.6) is 11.5 Å². The minimum absolute atomic E-state index is 0.598. The van der Waals surface area contributed by atoms with Gasteiger partial charge in [0.25, 0.3) is 0 Å². The van der Waals surface area contributed by atoms with Gasteiger partial charge in [-0.25, -0.2) is 0 Å². The van der Waals surface area contributed by atoms with Crippen molar-refractivity contribution in [2.45, 2.75) is 5.60 Å². The summed E-state index contributed by atoms with van der Waals surface area (Å²) in [4.78, 5) is 3.54. The quantitative estimate of drug-likeness (QED) is 0.337. The number of hydrogen-bond acceptors (Lipinski definition) is 3. The van der Waals surface area contributed by atoms with Crippen molar-refractivity contribution in [3.05, 3.63) is 120 Å². The predicted molar refractivity (Wildman–Crippen MR) is 132 cm³/mol. The van der Waals surface area contributed by atoms with E-state index in [-0.39, 0.29) is 0 Å². The van der Waals surface area contributed by atoms with E-state index in [1.807, 2.05) is 84.9 Å². The smallest absolute Gasteiger partial charge is 0.159 e. The summed E-state index contributed by atoms with van der Waals surface area (Å²) in [7, 11) is 3.24. The van der Waals surface area contributed by atoms with Gasteiger partial charge < -0.3 is 19.6 Å². The molecule has 0 spiro atoms. The molecule has 0 radical (unpaired) electrons. The van der Waals surface area contributed by atoms with E-state index < -0.39 is 5.60 Å². The summed E-state index contributed by atoms with van der Waals surface area (Å²) in [5, 5.41) is 13.8. The van der Waals surface area contributed by atoms with Crippen LogP contribution in [0.25, 0.3) is 22.0 Å². The standard InChI is InChI=1S/C29H25NO3/c1-32-22-14-10-13-21(19-22)29(31,24-16-7-9-18-26(24)33-2)28-27(20-11-4-3-5-12-20)23-15-6-8-17-25(23)30-28/h3-19,30-31H,1-2H3. The highest BCUT2D eigenvalue weighted by Crippen LogP contribution is 2.47. The van der Waals surface area contributed by atoms with Gasteiger partial charge in [-0.3, -0.25) is 0 Å². The molecule has 5 aromatic rings. The van der Waals surface area contributed by atoms with Crippen LogP contribution in [0, 0.1) is 0 Å². The molecule has 0 bridgehead atoms. The predicted octanol–water partition coefficient (Wildman–Crippen LogP) is 6.14. The Hall–Kier alpha value is -4.02. The van der Waals surface area contributed by atoms with Crippen molar-refractivity contribution in [2.24, 2.45) is 0 Å². The van der Waals surface area contributed by atoms with Crippen molar-refractivity contribution in [3.8, 4) is 22.6 Å². The Morgan fingerprint density at radius 2 is 1.45 bits per heavy atom. The van der Waals surface area contributed by atoms with Gasteiger partial charge in [0.2, 0.25) is 0 Å². The minimum Gasteiger partial charge on any atom is -0.497 e. The average Bonchev–Trinajstić information content (AvgIpc) is 3.29. The number of rotatable bonds is 6. The highest BCUT2D eigenvalue weighted by Gasteiger charge is 2.40. The second-order valence-electron chi connectivity index (χ2n) is 7.93. The highest BCUT2D eigenvalue weighted by molar-refractivity contribution is 5.98. The largest absolute Gasteiger partial charge is 0.497 e. The number of ether oxygens (including phenoxy) is 2. The number of nitrogens with one attached hydrogen (secondary N) is 1. The first-order valence-electron chi connectivity index (χ1n) is 10.8. The Bertz CT molecular complexity index is 1410. The summed E-state index contributed by atoms with van der Waals surface area (Å²) in [6, 6.07) is 33.4. The molecule has 0 amide bonds. The second-order valence-corrected chi connectivity index (χ2v) is 7.93. The molecular formula is C29H25NO3. The maximum atomic E-state index is 12.7. The maximum absolute atomic E-state index is 12.7. The summed E-state index contributed by atoms with van der Waals surface area (Å²) in [6.07, 6.45) is 0. The molecule has 0 fully saturated rings. The van der Waals surface area contributed by atoms with Crippen LogP contribution in [0.2, 0.25) is 0 Å². The van der Waals surface area contributed by atoms with E-state index in [0.717, 1.165) is 22.0 Å². The van der Waals surface area contributed by atoms with Crippen molar-refractivity contribution in [1.82, 2.24) is 4.98 Å². The monoisotopic (exact) mass is 435 g/mol. The van der Waals surface area contributed by atoms with Crippen LogP contribution < -0.4 is 9.47 Å². The Morgan fingerprint density at radius 1 is 0.727 bits per heavy atom. The molecule has 0 saturated carbocycles. The van der Waals surface area contributed by atoms with Gasteiger partial charge in [0.15, 0.2) is 5.60 Å². The van der Waals surface area contributed by atoms with Gasteiger partial charge in [-0.15, -0.1) is 0 Å². The number of methoxy groups -OCH3 is 2. The molecule has 0 aliphatic carbocycles. The van der Waals surface area contributed by atoms with Crippen LogP contribution in [0.4, 0.5) is 0 Å². The van der Waals surface area contributed by atoms with Gasteiger partial charge >= 0.3 is 0 Å². The number of para-hydroxylation sites is 2. The fraction of sp³-hybridized carbons (Fsp3) is 0.103. The van der Waals surface area contributed by atoms with Gasteiger partial charge in [0, 0.05) is 22.0 Å². The minimum atomic E-state index is -1.54. The maximum Gasteiger partial charge on any atom is 0.159 e. The van der Waals surface area contributed by atoms with Crippen LogP contribution in [-0.2, 0) is 5.60 Å². The molecule has 5 rings (SSSR count). The third-order valence-corrected chi connectivity index (χ3v) is 6.11. The summed E-state index contributed by atoms with van der Waals surface area (Å²) >= 11 is 0. The van der Waals surface area contributed by atoms with E-state index in [4.69, 9.17) is 9.47 Å². The van der Waals surface area contributed by atoms with Gasteiger partial charge in [-0.2, -0.15) is 0 Å². The lowest BCUT2D eigenvalue weighted by atomic mass is 9.80. The van der Waals surface area contributed by atoms with Crippen molar-refractivity contribution >= 4 is 10.9 Å². The first-order chi connectivity index (χ1) is 16.2. The summed E-state index contributed by atoms with van der Waals surface area (Å²) in [5.74, 6) is 1.26. The molecule has 1 heterocycles. The van der Waals surface area contributed by atoms with Crippen molar-refractivity contribution in [2.75, 3.05) is 14.2 Å². The normalized spacial score (nSPS) is 12.9. The first kappa shape index (κ1) is 20.9. The molecule has 0 aliphatic heterocycles. The van der Waals surface area contributed by atoms with Crippen LogP contribution in [0.1, 0.15) is 16.8 Å². The van der Waals surface area contributed by atoms with Gasteiger partial charge in [0.05, 0.1) is 19.9 Å². The Morgan fingerprint density at radius 3 is 2.24 bits per heavy atom. The van der Waals surface area contributed by atoms with E-state index in [0.29, 0.717) is 28.3 Å². The van der Waals surface area contributed by atoms with Crippen LogP contribution in [0.15, 0.2) is 103 Å². The number of benzene rings is 4. The third-order valence-electron chi connectivity index (χ3n) is 6.11. The zero-order valence-corrected chi connectivity index (χ0v) is 18.6. The lowest BCUT2D eigenvalue weighted by molar-refractivity contribution is 0.118. The zero-order valence-electron chi connectivity index (χ0n) is 18.6. The van der Waals surface area contributed by atoms with Crippen molar-refractivity contribution in [1.29, 1.82) is 0 Å². The average molecular weight is 436 g/mol. The fourth-order valence-corrected chi connectivity index (χ4v) is 4.54. The molecule has 0 aliphatic rings. The zero-order chi connectivity index (χ0) is 22.8. The number of H-pyrrole nitrogens is 1. The fourth-order valence-electron chi connectivity index (χ4n) is 4.54. The number of fused-ring (bicyclic) bond motifs is 1. The molecule has 164 valence electrons. The molecule has 4 nitrogen and oxygen atoms in total. The molecule has 2 N–H and O–H groups in total. The highest BCUT2D eigenvalue weighted by atomic mass is 16.5. The first-order valence-corrected chi connectivity index (χ1v) is 10.8. The third kappa shape index (κ3) is 3.45. The Kier molecular flexibility index (Phi) is 5.37. The molecule has 1 aromatic heterocycles. The van der Waals surface area contributed by atoms with Crippen molar-refractivity contribution in [3.63, 3.8) is 0 Å². The van der Waals surface area contributed by atoms with E-state index in [2.05, 4.69) is 23.2 Å². The number of aromatic amines is 1. The van der Waals surface area contributed by atoms with Gasteiger partial charge in [-0.05, 0) is 35.4 Å². The number of hydrogen-bond donors (Lipinski definition) is 2. The molecule has 0 saturated heterocycles. The molecule has 4 aromatic carbocycles. The van der Waals surface area contributed by atoms with Gasteiger partial charge in [0.1, 0.15) is 11.5 Å². The van der Waals surface area contributed by atoms with E-state index in [9.17, 15) is 5.11 Å². The lowest BCUT2D eigenvalue weighted by Gasteiger charge is -2.31. The van der Waals surface area contributed by atoms with Gasteiger partial charge in [-0.1, -0.05) is 78.9 Å². The number of aromatic nitrogens is 1. The lowest BCUT2D eigenvalue weighted by Crippen LogP contribution is -2.30. The van der Waals surface area contributed by atoms with Crippen molar-refractivity contribution < 1.29 is 14.6 Å². The number of aliphatic hydroxyl groups is 1. The SMILES string of the molecule is COc1cccc(C(O)(c2ccccc2OC)c2[nH]c3ccccc3c2-c2ccccc2)c1. The molecule has 1 unspecified atom stereocenters. The van der Waals surface area contributed by atoms with E-state index in [1.54, 1.807) is 14.2 Å². The van der Waals surface area contributed by atoms with E-state index in [1.165, 1.54) is 0 Å². The van der Waals surface area contributed by atoms with Crippen LogP contribution in [-0.4, -0.2) is 24.3 Å². The Balaban J connectivity index is 1.91. The van der Waals surface area contributed by atoms with Crippen LogP contribution >= 0.6 is 0 Å². The summed E-state index contributed by atoms with van der Waals surface area (Å²) in [6.45, 7) is 0. The van der Waals surface area contributed by atoms with E-state index >= 15 is 0 Å². The molecule has 33 heavy (non-hydrogen) atoms. The molecule has 1 atom stereocenters. The van der Waals surface area contributed by atoms with Crippen LogP contribution in [0.3, 0.4) is 0 Å². The second kappa shape index (κ2) is 8.49. The molecular weight excluding hydrogens is 410 g/mol. The molecule has 4 heteroatoms. The summed E-state index contributed by atoms with van der Waals surface area (Å²) in [5.41, 5.74) is 3.36. The Labute approximate surface area is 193 Å². The topological polar surface area (TPSA) is 54.5 Å². The summed E-state index contributed by atoms with van der Waals surface area (Å²) < 4.78 is 11.2.